The SMILES string of the molecule is C=C(C)C(=O)NC(=O)c1ccc(O)c(-n2nc3ccc(Cl)cc3n2)c1. The molecule has 8 heteroatoms. The van der Waals surface area contributed by atoms with Gasteiger partial charge in [0.05, 0.1) is 0 Å². The minimum Gasteiger partial charge on any atom is -0.506 e. The van der Waals surface area contributed by atoms with Crippen LogP contribution in [0.15, 0.2) is 48.6 Å². The van der Waals surface area contributed by atoms with Gasteiger partial charge in [0.15, 0.2) is 0 Å². The molecule has 2 amide bonds. The molecule has 0 radical (unpaired) electrons. The standard InChI is InChI=1S/C17H13ClN4O3/c1-9(2)16(24)19-17(25)10-3-6-15(23)14(7-10)22-20-12-5-4-11(18)8-13(12)21-22/h3-8,23H,1H2,2H3,(H,19,24,25). The molecule has 1 heterocycles. The lowest BCUT2D eigenvalue weighted by Crippen LogP contribution is -2.30. The van der Waals surface area contributed by atoms with Gasteiger partial charge in [-0.1, -0.05) is 18.2 Å². The zero-order chi connectivity index (χ0) is 18.1. The van der Waals surface area contributed by atoms with Gasteiger partial charge >= 0.3 is 0 Å². The first-order valence-corrected chi connectivity index (χ1v) is 7.60. The van der Waals surface area contributed by atoms with Crippen LogP contribution in [0.2, 0.25) is 5.02 Å². The Bertz CT molecular complexity index is 1030. The maximum atomic E-state index is 12.1. The lowest BCUT2D eigenvalue weighted by atomic mass is 10.1. The Morgan fingerprint density at radius 1 is 1.16 bits per heavy atom. The molecular weight excluding hydrogens is 344 g/mol. The number of rotatable bonds is 3. The van der Waals surface area contributed by atoms with Crippen LogP contribution in [-0.2, 0) is 4.79 Å². The van der Waals surface area contributed by atoms with E-state index in [0.29, 0.717) is 16.1 Å². The predicted octanol–water partition coefficient (Wildman–Crippen LogP) is 2.61. The number of nitrogens with zero attached hydrogens (tertiary/aromatic N) is 3. The number of hydrogen-bond acceptors (Lipinski definition) is 5. The van der Waals surface area contributed by atoms with Crippen molar-refractivity contribution in [3.63, 3.8) is 0 Å². The third kappa shape index (κ3) is 3.36. The van der Waals surface area contributed by atoms with Crippen molar-refractivity contribution in [2.45, 2.75) is 6.92 Å². The normalized spacial score (nSPS) is 10.6. The molecule has 2 N–H and O–H groups in total. The highest BCUT2D eigenvalue weighted by Gasteiger charge is 2.15. The van der Waals surface area contributed by atoms with Crippen molar-refractivity contribution in [3.05, 3.63) is 59.1 Å². The average Bonchev–Trinajstić information content (AvgIpc) is 2.97. The number of carbonyl (C=O) groups is 2. The quantitative estimate of drug-likeness (QED) is 0.703. The third-order valence-electron chi connectivity index (χ3n) is 3.41. The minimum atomic E-state index is -0.617. The second-order valence-corrected chi connectivity index (χ2v) is 5.83. The van der Waals surface area contributed by atoms with Gasteiger partial charge in [0.25, 0.3) is 11.8 Å². The Morgan fingerprint density at radius 2 is 1.88 bits per heavy atom. The number of nitrogens with one attached hydrogen (secondary N) is 1. The molecule has 0 fully saturated rings. The summed E-state index contributed by atoms with van der Waals surface area (Å²) in [5, 5.41) is 21.3. The second-order valence-electron chi connectivity index (χ2n) is 5.39. The van der Waals surface area contributed by atoms with Crippen LogP contribution in [0.3, 0.4) is 0 Å². The molecule has 0 spiro atoms. The van der Waals surface area contributed by atoms with E-state index >= 15 is 0 Å². The Hall–Kier alpha value is -3.19. The van der Waals surface area contributed by atoms with E-state index in [1.54, 1.807) is 18.2 Å². The molecule has 0 saturated heterocycles. The molecule has 0 saturated carbocycles. The van der Waals surface area contributed by atoms with Gasteiger partial charge < -0.3 is 5.11 Å². The predicted molar refractivity (Wildman–Crippen MR) is 92.8 cm³/mol. The Kier molecular flexibility index (Phi) is 4.24. The second kappa shape index (κ2) is 6.37. The number of phenolic OH excluding ortho intramolecular Hbond substituents is 1. The lowest BCUT2D eigenvalue weighted by Gasteiger charge is -2.07. The first kappa shape index (κ1) is 16.7. The van der Waals surface area contributed by atoms with E-state index in [-0.39, 0.29) is 22.6 Å². The molecule has 0 aliphatic rings. The highest BCUT2D eigenvalue weighted by Crippen LogP contribution is 2.24. The number of benzene rings is 2. The minimum absolute atomic E-state index is 0.116. The Morgan fingerprint density at radius 3 is 2.60 bits per heavy atom. The molecule has 1 aromatic heterocycles. The molecule has 0 aliphatic heterocycles. The number of phenols is 1. The topological polar surface area (TPSA) is 97.1 Å². The van der Waals surface area contributed by atoms with Crippen LogP contribution in [0, 0.1) is 0 Å². The van der Waals surface area contributed by atoms with Crippen LogP contribution in [0.4, 0.5) is 0 Å². The molecular formula is C17H13ClN4O3. The van der Waals surface area contributed by atoms with Crippen LogP contribution in [0.5, 0.6) is 5.75 Å². The monoisotopic (exact) mass is 356 g/mol. The van der Waals surface area contributed by atoms with E-state index in [1.165, 1.54) is 29.9 Å². The summed E-state index contributed by atoms with van der Waals surface area (Å²) in [6.45, 7) is 4.97. The summed E-state index contributed by atoms with van der Waals surface area (Å²) in [7, 11) is 0. The fourth-order valence-electron chi connectivity index (χ4n) is 2.10. The van der Waals surface area contributed by atoms with Gasteiger partial charge in [0.1, 0.15) is 22.5 Å². The summed E-state index contributed by atoms with van der Waals surface area (Å²) in [6.07, 6.45) is 0. The van der Waals surface area contributed by atoms with Crippen molar-refractivity contribution in [2.24, 2.45) is 0 Å². The number of aromatic hydroxyl groups is 1. The number of halogens is 1. The van der Waals surface area contributed by atoms with E-state index in [0.717, 1.165) is 0 Å². The molecule has 0 aliphatic carbocycles. The summed E-state index contributed by atoms with van der Waals surface area (Å²) < 4.78 is 0. The van der Waals surface area contributed by atoms with Crippen molar-refractivity contribution in [2.75, 3.05) is 0 Å². The lowest BCUT2D eigenvalue weighted by molar-refractivity contribution is -0.116. The maximum absolute atomic E-state index is 12.1. The third-order valence-corrected chi connectivity index (χ3v) is 3.65. The number of imide groups is 1. The Labute approximate surface area is 147 Å². The molecule has 0 bridgehead atoms. The summed E-state index contributed by atoms with van der Waals surface area (Å²) in [6, 6.07) is 9.11. The fourth-order valence-corrected chi connectivity index (χ4v) is 2.27. The van der Waals surface area contributed by atoms with E-state index in [9.17, 15) is 14.7 Å². The van der Waals surface area contributed by atoms with E-state index in [1.807, 2.05) is 0 Å². The Balaban J connectivity index is 1.99. The van der Waals surface area contributed by atoms with Gasteiger partial charge in [-0.25, -0.2) is 0 Å². The number of fused-ring (bicyclic) bond motifs is 1. The van der Waals surface area contributed by atoms with Gasteiger partial charge in [0.2, 0.25) is 0 Å². The zero-order valence-corrected chi connectivity index (χ0v) is 13.9. The largest absolute Gasteiger partial charge is 0.506 e. The number of hydrogen-bond donors (Lipinski definition) is 2. The van der Waals surface area contributed by atoms with E-state index in [2.05, 4.69) is 22.1 Å². The van der Waals surface area contributed by atoms with Crippen LogP contribution >= 0.6 is 11.6 Å². The summed E-state index contributed by atoms with van der Waals surface area (Å²) >= 11 is 5.93. The number of aromatic nitrogens is 3. The highest BCUT2D eigenvalue weighted by molar-refractivity contribution is 6.31. The first-order chi connectivity index (χ1) is 11.8. The molecule has 0 unspecified atom stereocenters. The molecule has 2 aromatic carbocycles. The van der Waals surface area contributed by atoms with Crippen molar-refractivity contribution in [1.29, 1.82) is 0 Å². The zero-order valence-electron chi connectivity index (χ0n) is 13.2. The number of carbonyl (C=O) groups excluding carboxylic acids is 2. The number of amides is 2. The van der Waals surface area contributed by atoms with Crippen molar-refractivity contribution < 1.29 is 14.7 Å². The summed E-state index contributed by atoms with van der Waals surface area (Å²) in [5.41, 5.74) is 1.70. The smallest absolute Gasteiger partial charge is 0.258 e. The van der Waals surface area contributed by atoms with Crippen molar-refractivity contribution in [1.82, 2.24) is 20.3 Å². The van der Waals surface area contributed by atoms with Gasteiger partial charge in [0, 0.05) is 16.2 Å². The molecule has 25 heavy (non-hydrogen) atoms. The van der Waals surface area contributed by atoms with Crippen LogP contribution in [0.1, 0.15) is 17.3 Å². The van der Waals surface area contributed by atoms with Gasteiger partial charge in [-0.15, -0.1) is 15.0 Å². The molecule has 126 valence electrons. The van der Waals surface area contributed by atoms with Gasteiger partial charge in [-0.3, -0.25) is 14.9 Å². The van der Waals surface area contributed by atoms with Crippen molar-refractivity contribution >= 4 is 34.4 Å². The average molecular weight is 357 g/mol. The van der Waals surface area contributed by atoms with E-state index < -0.39 is 11.8 Å². The van der Waals surface area contributed by atoms with Crippen LogP contribution in [0.25, 0.3) is 16.7 Å². The highest BCUT2D eigenvalue weighted by atomic mass is 35.5. The van der Waals surface area contributed by atoms with Gasteiger partial charge in [-0.2, -0.15) is 0 Å². The van der Waals surface area contributed by atoms with Crippen LogP contribution in [-0.4, -0.2) is 31.9 Å². The summed E-state index contributed by atoms with van der Waals surface area (Å²) in [5.74, 6) is -1.31. The molecule has 3 rings (SSSR count). The molecule has 7 nitrogen and oxygen atoms in total. The summed E-state index contributed by atoms with van der Waals surface area (Å²) in [4.78, 5) is 24.9. The molecule has 3 aromatic rings. The van der Waals surface area contributed by atoms with Crippen LogP contribution < -0.4 is 5.32 Å². The van der Waals surface area contributed by atoms with Gasteiger partial charge in [-0.05, 0) is 43.3 Å². The first-order valence-electron chi connectivity index (χ1n) is 7.22. The fraction of sp³-hybridized carbons (Fsp3) is 0.0588. The van der Waals surface area contributed by atoms with Crippen molar-refractivity contribution in [3.8, 4) is 11.4 Å². The maximum Gasteiger partial charge on any atom is 0.258 e. The molecule has 0 atom stereocenters. The van der Waals surface area contributed by atoms with E-state index in [4.69, 9.17) is 11.6 Å².